The van der Waals surface area contributed by atoms with Crippen molar-refractivity contribution < 1.29 is 14.3 Å². The maximum absolute atomic E-state index is 11.7. The van der Waals surface area contributed by atoms with Gasteiger partial charge in [-0.3, -0.25) is 0 Å². The molecule has 2 aromatic heterocycles. The lowest BCUT2D eigenvalue weighted by molar-refractivity contribution is 0.0521. The first-order valence-electron chi connectivity index (χ1n) is 7.20. The molecule has 0 unspecified atom stereocenters. The number of hydrogen-bond donors (Lipinski definition) is 1. The Morgan fingerprint density at radius 3 is 2.83 bits per heavy atom. The standard InChI is InChI=1S/C16H16N4O3/c1-2-22-16(21)14-10-17-19-15(14)23-11-12-4-6-13(7-5-12)20-9-3-8-18-20/h3-10H,2,11H2,1H3,(H,17,19). The average Bonchev–Trinajstić information content (AvgIpc) is 3.25. The largest absolute Gasteiger partial charge is 0.472 e. The predicted octanol–water partition coefficient (Wildman–Crippen LogP) is 2.35. The van der Waals surface area contributed by atoms with E-state index in [9.17, 15) is 4.79 Å². The van der Waals surface area contributed by atoms with E-state index in [-0.39, 0.29) is 0 Å². The van der Waals surface area contributed by atoms with Crippen molar-refractivity contribution in [2.75, 3.05) is 6.61 Å². The van der Waals surface area contributed by atoms with Gasteiger partial charge in [-0.2, -0.15) is 10.2 Å². The lowest BCUT2D eigenvalue weighted by Crippen LogP contribution is -2.06. The quantitative estimate of drug-likeness (QED) is 0.707. The average molecular weight is 312 g/mol. The van der Waals surface area contributed by atoms with Crippen molar-refractivity contribution >= 4 is 5.97 Å². The zero-order valence-electron chi connectivity index (χ0n) is 12.6. The SMILES string of the molecule is CCOC(=O)c1cn[nH]c1OCc1ccc(-n2cccn2)cc1. The molecule has 0 spiro atoms. The highest BCUT2D eigenvalue weighted by molar-refractivity contribution is 5.91. The van der Waals surface area contributed by atoms with Crippen LogP contribution in [0.15, 0.2) is 48.9 Å². The van der Waals surface area contributed by atoms with Crippen LogP contribution in [0, 0.1) is 0 Å². The monoisotopic (exact) mass is 312 g/mol. The van der Waals surface area contributed by atoms with Gasteiger partial charge in [-0.15, -0.1) is 0 Å². The Balaban J connectivity index is 1.65. The second-order valence-electron chi connectivity index (χ2n) is 4.74. The number of nitrogens with one attached hydrogen (secondary N) is 1. The van der Waals surface area contributed by atoms with Crippen LogP contribution in [-0.2, 0) is 11.3 Å². The minimum atomic E-state index is -0.453. The Morgan fingerprint density at radius 1 is 1.30 bits per heavy atom. The summed E-state index contributed by atoms with van der Waals surface area (Å²) in [7, 11) is 0. The highest BCUT2D eigenvalue weighted by Crippen LogP contribution is 2.17. The molecule has 0 saturated carbocycles. The zero-order valence-corrected chi connectivity index (χ0v) is 12.6. The fourth-order valence-corrected chi connectivity index (χ4v) is 2.06. The molecule has 0 aliphatic rings. The Kier molecular flexibility index (Phi) is 4.37. The summed E-state index contributed by atoms with van der Waals surface area (Å²) < 4.78 is 12.3. The number of esters is 1. The summed E-state index contributed by atoms with van der Waals surface area (Å²) in [6.45, 7) is 2.37. The number of benzene rings is 1. The number of aromatic nitrogens is 4. The number of ether oxygens (including phenoxy) is 2. The molecule has 0 aliphatic carbocycles. The van der Waals surface area contributed by atoms with E-state index in [0.717, 1.165) is 11.3 Å². The topological polar surface area (TPSA) is 82.0 Å². The van der Waals surface area contributed by atoms with Crippen molar-refractivity contribution in [2.24, 2.45) is 0 Å². The van der Waals surface area contributed by atoms with Crippen molar-refractivity contribution in [1.82, 2.24) is 20.0 Å². The maximum Gasteiger partial charge on any atom is 0.345 e. The fraction of sp³-hybridized carbons (Fsp3) is 0.188. The molecule has 2 heterocycles. The number of carbonyl (C=O) groups is 1. The smallest absolute Gasteiger partial charge is 0.345 e. The van der Waals surface area contributed by atoms with Crippen LogP contribution in [0.1, 0.15) is 22.8 Å². The lowest BCUT2D eigenvalue weighted by atomic mass is 10.2. The molecular formula is C16H16N4O3. The van der Waals surface area contributed by atoms with E-state index in [1.807, 2.05) is 36.5 Å². The third-order valence-corrected chi connectivity index (χ3v) is 3.19. The second kappa shape index (κ2) is 6.78. The molecule has 7 nitrogen and oxygen atoms in total. The van der Waals surface area contributed by atoms with Gasteiger partial charge in [-0.1, -0.05) is 12.1 Å². The van der Waals surface area contributed by atoms with Gasteiger partial charge in [-0.05, 0) is 30.7 Å². The van der Waals surface area contributed by atoms with Crippen molar-refractivity contribution in [1.29, 1.82) is 0 Å². The highest BCUT2D eigenvalue weighted by Gasteiger charge is 2.16. The first-order valence-corrected chi connectivity index (χ1v) is 7.20. The van der Waals surface area contributed by atoms with Crippen LogP contribution < -0.4 is 4.74 Å². The Hall–Kier alpha value is -3.09. The molecule has 0 amide bonds. The van der Waals surface area contributed by atoms with Crippen molar-refractivity contribution in [3.05, 3.63) is 60.0 Å². The number of hydrogen-bond acceptors (Lipinski definition) is 5. The van der Waals surface area contributed by atoms with Gasteiger partial charge in [-0.25, -0.2) is 14.6 Å². The van der Waals surface area contributed by atoms with Gasteiger partial charge in [0.2, 0.25) is 5.88 Å². The van der Waals surface area contributed by atoms with Crippen LogP contribution in [0.2, 0.25) is 0 Å². The molecule has 0 radical (unpaired) electrons. The Morgan fingerprint density at radius 2 is 2.13 bits per heavy atom. The molecular weight excluding hydrogens is 296 g/mol. The number of carbonyl (C=O) groups excluding carboxylic acids is 1. The molecule has 118 valence electrons. The Bertz CT molecular complexity index is 763. The van der Waals surface area contributed by atoms with Gasteiger partial charge < -0.3 is 9.47 Å². The minimum absolute atomic E-state index is 0.292. The Labute approximate surface area is 132 Å². The van der Waals surface area contributed by atoms with Gasteiger partial charge in [0.1, 0.15) is 12.2 Å². The predicted molar refractivity (Wildman–Crippen MR) is 82.4 cm³/mol. The third kappa shape index (κ3) is 3.39. The number of rotatable bonds is 6. The molecule has 1 N–H and O–H groups in total. The van der Waals surface area contributed by atoms with E-state index < -0.39 is 5.97 Å². The molecule has 0 aliphatic heterocycles. The normalized spacial score (nSPS) is 10.5. The summed E-state index contributed by atoms with van der Waals surface area (Å²) in [5.41, 5.74) is 2.22. The molecule has 0 bridgehead atoms. The molecule has 0 atom stereocenters. The van der Waals surface area contributed by atoms with Crippen LogP contribution in [-0.4, -0.2) is 32.6 Å². The maximum atomic E-state index is 11.7. The fourth-order valence-electron chi connectivity index (χ4n) is 2.06. The molecule has 7 heteroatoms. The van der Waals surface area contributed by atoms with Crippen molar-refractivity contribution in [2.45, 2.75) is 13.5 Å². The first-order chi connectivity index (χ1) is 11.3. The van der Waals surface area contributed by atoms with Crippen LogP contribution in [0.3, 0.4) is 0 Å². The van der Waals surface area contributed by atoms with Crippen molar-refractivity contribution in [3.8, 4) is 11.6 Å². The summed E-state index contributed by atoms with van der Waals surface area (Å²) in [4.78, 5) is 11.7. The number of aromatic amines is 1. The van der Waals surface area contributed by atoms with Crippen molar-refractivity contribution in [3.63, 3.8) is 0 Å². The molecule has 3 aromatic rings. The summed E-state index contributed by atoms with van der Waals surface area (Å²) in [6, 6.07) is 9.65. The van der Waals surface area contributed by atoms with E-state index in [4.69, 9.17) is 9.47 Å². The van der Waals surface area contributed by atoms with E-state index in [2.05, 4.69) is 15.3 Å². The minimum Gasteiger partial charge on any atom is -0.472 e. The van der Waals surface area contributed by atoms with Crippen LogP contribution in [0.5, 0.6) is 5.88 Å². The molecule has 23 heavy (non-hydrogen) atoms. The van der Waals surface area contributed by atoms with Gasteiger partial charge in [0.05, 0.1) is 18.5 Å². The van der Waals surface area contributed by atoms with E-state index in [0.29, 0.717) is 24.7 Å². The number of nitrogens with zero attached hydrogens (tertiary/aromatic N) is 3. The summed E-state index contributed by atoms with van der Waals surface area (Å²) in [6.07, 6.45) is 5.00. The van der Waals surface area contributed by atoms with Gasteiger partial charge in [0.15, 0.2) is 0 Å². The van der Waals surface area contributed by atoms with Crippen LogP contribution in [0.25, 0.3) is 5.69 Å². The summed E-state index contributed by atoms with van der Waals surface area (Å²) in [5.74, 6) is -0.148. The summed E-state index contributed by atoms with van der Waals surface area (Å²) >= 11 is 0. The number of H-pyrrole nitrogens is 1. The summed E-state index contributed by atoms with van der Waals surface area (Å²) in [5, 5.41) is 10.7. The van der Waals surface area contributed by atoms with E-state index in [1.54, 1.807) is 17.8 Å². The highest BCUT2D eigenvalue weighted by atomic mass is 16.5. The molecule has 3 rings (SSSR count). The van der Waals surface area contributed by atoms with E-state index in [1.165, 1.54) is 6.20 Å². The van der Waals surface area contributed by atoms with Gasteiger partial charge in [0, 0.05) is 12.4 Å². The molecule has 1 aromatic carbocycles. The third-order valence-electron chi connectivity index (χ3n) is 3.19. The molecule has 0 saturated heterocycles. The van der Waals surface area contributed by atoms with Gasteiger partial charge >= 0.3 is 5.97 Å². The zero-order chi connectivity index (χ0) is 16.1. The van der Waals surface area contributed by atoms with E-state index >= 15 is 0 Å². The van der Waals surface area contributed by atoms with Crippen LogP contribution in [0.4, 0.5) is 0 Å². The lowest BCUT2D eigenvalue weighted by Gasteiger charge is -2.07. The first kappa shape index (κ1) is 14.8. The second-order valence-corrected chi connectivity index (χ2v) is 4.74. The van der Waals surface area contributed by atoms with Gasteiger partial charge in [0.25, 0.3) is 0 Å². The molecule has 0 fully saturated rings. The van der Waals surface area contributed by atoms with Crippen LogP contribution >= 0.6 is 0 Å².